The zero-order chi connectivity index (χ0) is 28.5. The molecule has 4 aromatic rings. The van der Waals surface area contributed by atoms with Crippen LogP contribution in [-0.2, 0) is 13.2 Å². The van der Waals surface area contributed by atoms with Gasteiger partial charge in [-0.1, -0.05) is 11.3 Å². The third-order valence-electron chi connectivity index (χ3n) is 6.57. The number of benzene rings is 2. The van der Waals surface area contributed by atoms with Gasteiger partial charge in [0, 0.05) is 48.3 Å². The molecule has 2 N–H and O–H groups in total. The fourth-order valence-corrected chi connectivity index (χ4v) is 4.13. The normalized spacial score (nSPS) is 11.7. The van der Waals surface area contributed by atoms with E-state index in [1.54, 1.807) is 40.0 Å². The van der Waals surface area contributed by atoms with Gasteiger partial charge in [-0.15, -0.1) is 5.10 Å². The van der Waals surface area contributed by atoms with Crippen molar-refractivity contribution in [1.29, 1.82) is 0 Å². The van der Waals surface area contributed by atoms with Crippen molar-refractivity contribution in [3.8, 4) is 16.9 Å². The number of alkyl halides is 3. The number of carbonyl (C=O) groups is 1. The number of aryl methyl sites for hydroxylation is 2. The average Bonchev–Trinajstić information content (AvgIpc) is 3.47. The minimum atomic E-state index is -4.60. The molecule has 2 heterocycles. The van der Waals surface area contributed by atoms with E-state index in [9.17, 15) is 18.0 Å². The molecule has 0 fully saturated rings. The number of amides is 1. The van der Waals surface area contributed by atoms with Crippen molar-refractivity contribution >= 4 is 17.3 Å². The van der Waals surface area contributed by atoms with Crippen LogP contribution in [0.3, 0.4) is 0 Å². The van der Waals surface area contributed by atoms with Crippen molar-refractivity contribution in [3.63, 3.8) is 0 Å². The second-order valence-corrected chi connectivity index (χ2v) is 9.70. The third-order valence-corrected chi connectivity index (χ3v) is 6.57. The predicted molar refractivity (Wildman–Crippen MR) is 144 cm³/mol. The molecule has 0 atom stereocenters. The number of aromatic nitrogens is 5. The van der Waals surface area contributed by atoms with Gasteiger partial charge in [0.05, 0.1) is 23.6 Å². The molecule has 12 heteroatoms. The summed E-state index contributed by atoms with van der Waals surface area (Å²) in [5.74, 6) is -0.656. The van der Waals surface area contributed by atoms with Gasteiger partial charge in [0.1, 0.15) is 5.69 Å². The predicted octanol–water partition coefficient (Wildman–Crippen LogP) is 4.84. The highest BCUT2D eigenvalue weighted by Crippen LogP contribution is 2.36. The molecule has 0 radical (unpaired) electrons. The van der Waals surface area contributed by atoms with Crippen molar-refractivity contribution < 1.29 is 18.0 Å². The molecule has 0 unspecified atom stereocenters. The molecule has 0 saturated carbocycles. The third kappa shape index (κ3) is 6.11. The summed E-state index contributed by atoms with van der Waals surface area (Å²) in [4.78, 5) is 15.1. The molecule has 1 amide bonds. The highest BCUT2D eigenvalue weighted by atomic mass is 19.4. The first-order chi connectivity index (χ1) is 18.3. The number of nitrogens with one attached hydrogen (secondary N) is 2. The van der Waals surface area contributed by atoms with Crippen molar-refractivity contribution in [2.75, 3.05) is 37.8 Å². The molecule has 0 saturated heterocycles. The molecule has 4 rings (SSSR count). The molecule has 0 aliphatic carbocycles. The van der Waals surface area contributed by atoms with E-state index in [1.165, 1.54) is 13.0 Å². The lowest BCUT2D eigenvalue weighted by atomic mass is 10.0. The van der Waals surface area contributed by atoms with Crippen molar-refractivity contribution in [1.82, 2.24) is 29.7 Å². The van der Waals surface area contributed by atoms with Gasteiger partial charge in [0.25, 0.3) is 5.91 Å². The van der Waals surface area contributed by atoms with Gasteiger partial charge >= 0.3 is 6.18 Å². The summed E-state index contributed by atoms with van der Waals surface area (Å²) in [5.41, 5.74) is 3.73. The second kappa shape index (κ2) is 10.9. The Hall–Kier alpha value is -4.19. The summed E-state index contributed by atoms with van der Waals surface area (Å²) < 4.78 is 44.7. The van der Waals surface area contributed by atoms with Crippen LogP contribution >= 0.6 is 0 Å². The van der Waals surface area contributed by atoms with Crippen molar-refractivity contribution in [2.24, 2.45) is 7.05 Å². The van der Waals surface area contributed by atoms with Crippen LogP contribution in [0.1, 0.15) is 32.7 Å². The number of carbonyl (C=O) groups excluding carboxylic acids is 1. The maximum Gasteiger partial charge on any atom is 0.416 e. The van der Waals surface area contributed by atoms with Crippen LogP contribution in [0, 0.1) is 20.8 Å². The standard InChI is InChI=1S/C27H31F3N8O/c1-16-7-8-20(13-25(16)38-15-24(34-35-38)21-14-32-37(6)18(21)3)33-26(39)19-11-22(27(28,29)30)17(2)23(12-19)31-9-10-36(4)5/h7-8,11-15,31H,9-10H2,1-6H3,(H,33,39). The molecule has 0 bridgehead atoms. The smallest absolute Gasteiger partial charge is 0.384 e. The molecule has 206 valence electrons. The summed E-state index contributed by atoms with van der Waals surface area (Å²) in [6, 6.07) is 7.53. The summed E-state index contributed by atoms with van der Waals surface area (Å²) in [6.45, 7) is 6.26. The molecule has 9 nitrogen and oxygen atoms in total. The fraction of sp³-hybridized carbons (Fsp3) is 0.333. The summed E-state index contributed by atoms with van der Waals surface area (Å²) in [7, 11) is 5.58. The lowest BCUT2D eigenvalue weighted by Gasteiger charge is -2.19. The fourth-order valence-electron chi connectivity index (χ4n) is 4.13. The number of rotatable bonds is 8. The number of likely N-dealkylation sites (N-methyl/N-ethyl adjacent to an activating group) is 1. The second-order valence-electron chi connectivity index (χ2n) is 9.70. The first kappa shape index (κ1) is 27.8. The van der Waals surface area contributed by atoms with E-state index in [0.29, 0.717) is 30.2 Å². The highest BCUT2D eigenvalue weighted by molar-refractivity contribution is 6.05. The van der Waals surface area contributed by atoms with E-state index in [-0.39, 0.29) is 16.8 Å². The zero-order valence-corrected chi connectivity index (χ0v) is 22.7. The molecule has 0 aliphatic heterocycles. The maximum atomic E-state index is 13.8. The number of hydrogen-bond acceptors (Lipinski definition) is 6. The van der Waals surface area contributed by atoms with Crippen LogP contribution in [0.5, 0.6) is 0 Å². The number of anilines is 2. The van der Waals surface area contributed by atoms with E-state index in [4.69, 9.17) is 0 Å². The van der Waals surface area contributed by atoms with Crippen molar-refractivity contribution in [3.05, 3.63) is 70.7 Å². The molecular weight excluding hydrogens is 509 g/mol. The Morgan fingerprint density at radius 3 is 2.49 bits per heavy atom. The first-order valence-electron chi connectivity index (χ1n) is 12.3. The van der Waals surface area contributed by atoms with Crippen LogP contribution in [-0.4, -0.2) is 62.8 Å². The zero-order valence-electron chi connectivity index (χ0n) is 22.7. The maximum absolute atomic E-state index is 13.8. The first-order valence-corrected chi connectivity index (χ1v) is 12.3. The van der Waals surface area contributed by atoms with Crippen LogP contribution < -0.4 is 10.6 Å². The lowest BCUT2D eigenvalue weighted by Crippen LogP contribution is -2.22. The quantitative estimate of drug-likeness (QED) is 0.332. The van der Waals surface area contributed by atoms with Gasteiger partial charge in [0.15, 0.2) is 0 Å². The minimum Gasteiger partial charge on any atom is -0.384 e. The van der Waals surface area contributed by atoms with Crippen LogP contribution in [0.2, 0.25) is 0 Å². The summed E-state index contributed by atoms with van der Waals surface area (Å²) in [5, 5.41) is 18.5. The SMILES string of the molecule is Cc1ccc(NC(=O)c2cc(NCCN(C)C)c(C)c(C(F)(F)F)c2)cc1-n1cc(-c2cnn(C)c2C)nn1. The molecule has 2 aromatic heterocycles. The minimum absolute atomic E-state index is 0.0428. The highest BCUT2D eigenvalue weighted by Gasteiger charge is 2.34. The molecule has 2 aromatic carbocycles. The number of nitrogens with zero attached hydrogens (tertiary/aromatic N) is 6. The Morgan fingerprint density at radius 2 is 1.85 bits per heavy atom. The monoisotopic (exact) mass is 540 g/mol. The van der Waals surface area contributed by atoms with Gasteiger partial charge in [-0.05, 0) is 70.3 Å². The van der Waals surface area contributed by atoms with Gasteiger partial charge in [-0.2, -0.15) is 18.3 Å². The van der Waals surface area contributed by atoms with Crippen LogP contribution in [0.4, 0.5) is 24.5 Å². The summed E-state index contributed by atoms with van der Waals surface area (Å²) >= 11 is 0. The molecular formula is C27H31F3N8O. The van der Waals surface area contributed by atoms with E-state index >= 15 is 0 Å². The molecule has 39 heavy (non-hydrogen) atoms. The molecule has 0 aliphatic rings. The van der Waals surface area contributed by atoms with Gasteiger partial charge in [0.2, 0.25) is 0 Å². The average molecular weight is 541 g/mol. The van der Waals surface area contributed by atoms with E-state index in [1.807, 2.05) is 39.9 Å². The van der Waals surface area contributed by atoms with E-state index < -0.39 is 17.6 Å². The number of halogens is 3. The Balaban J connectivity index is 1.62. The molecule has 0 spiro atoms. The van der Waals surface area contributed by atoms with Crippen LogP contribution in [0.25, 0.3) is 16.9 Å². The Bertz CT molecular complexity index is 1500. The van der Waals surface area contributed by atoms with Crippen LogP contribution in [0.15, 0.2) is 42.7 Å². The van der Waals surface area contributed by atoms with Crippen molar-refractivity contribution in [2.45, 2.75) is 26.9 Å². The Labute approximate surface area is 224 Å². The van der Waals surface area contributed by atoms with E-state index in [2.05, 4.69) is 26.0 Å². The largest absolute Gasteiger partial charge is 0.416 e. The Morgan fingerprint density at radius 1 is 1.10 bits per heavy atom. The summed E-state index contributed by atoms with van der Waals surface area (Å²) in [6.07, 6.45) is -1.13. The topological polar surface area (TPSA) is 92.9 Å². The van der Waals surface area contributed by atoms with Gasteiger partial charge in [-0.3, -0.25) is 9.48 Å². The van der Waals surface area contributed by atoms with E-state index in [0.717, 1.165) is 22.9 Å². The Kier molecular flexibility index (Phi) is 7.77. The number of hydrogen-bond donors (Lipinski definition) is 2. The van der Waals surface area contributed by atoms with Gasteiger partial charge < -0.3 is 15.5 Å². The lowest BCUT2D eigenvalue weighted by molar-refractivity contribution is -0.138. The van der Waals surface area contributed by atoms with Gasteiger partial charge in [-0.25, -0.2) is 4.68 Å².